The fourth-order valence-corrected chi connectivity index (χ4v) is 1.50. The lowest BCUT2D eigenvalue weighted by Crippen LogP contribution is -1.77. The van der Waals surface area contributed by atoms with E-state index in [1.54, 1.807) is 0 Å². The van der Waals surface area contributed by atoms with Crippen LogP contribution in [0.4, 0.5) is 4.39 Å². The fourth-order valence-electron chi connectivity index (χ4n) is 1.50. The molecule has 0 radical (unpaired) electrons. The van der Waals surface area contributed by atoms with Crippen LogP contribution in [0.15, 0.2) is 48.6 Å². The number of halogens is 1. The van der Waals surface area contributed by atoms with Crippen molar-refractivity contribution in [2.45, 2.75) is 40.0 Å². The molecule has 100 valence electrons. The zero-order valence-corrected chi connectivity index (χ0v) is 11.9. The molecule has 0 N–H and O–H groups in total. The molecule has 0 aliphatic heterocycles. The predicted octanol–water partition coefficient (Wildman–Crippen LogP) is 5.81. The van der Waals surface area contributed by atoms with Gasteiger partial charge in [0.25, 0.3) is 0 Å². The van der Waals surface area contributed by atoms with Gasteiger partial charge in [-0.2, -0.15) is 0 Å². The summed E-state index contributed by atoms with van der Waals surface area (Å²) in [5.41, 5.74) is 3.62. The molecule has 0 spiro atoms. The molecule has 1 aromatic rings. The van der Waals surface area contributed by atoms with E-state index in [0.717, 1.165) is 24.8 Å². The number of unbranched alkanes of at least 4 members (excludes halogenated alkanes) is 2. The van der Waals surface area contributed by atoms with Gasteiger partial charge in [0.15, 0.2) is 0 Å². The number of rotatable bonds is 5. The Morgan fingerprint density at radius 3 is 2.17 bits per heavy atom. The second-order valence-electron chi connectivity index (χ2n) is 4.44. The fraction of sp³-hybridized carbons (Fsp3) is 0.412. The molecule has 18 heavy (non-hydrogen) atoms. The van der Waals surface area contributed by atoms with Crippen molar-refractivity contribution in [1.82, 2.24) is 0 Å². The molecule has 1 rings (SSSR count). The third-order valence-electron chi connectivity index (χ3n) is 2.43. The van der Waals surface area contributed by atoms with Crippen LogP contribution in [0.3, 0.4) is 0 Å². The zero-order valence-electron chi connectivity index (χ0n) is 11.9. The van der Waals surface area contributed by atoms with Gasteiger partial charge in [-0.1, -0.05) is 68.3 Å². The number of alkyl halides is 1. The zero-order chi connectivity index (χ0) is 13.8. The van der Waals surface area contributed by atoms with Crippen molar-refractivity contribution in [2.75, 3.05) is 6.67 Å². The Morgan fingerprint density at radius 1 is 1.17 bits per heavy atom. The number of hydrogen-bond acceptors (Lipinski definition) is 0. The van der Waals surface area contributed by atoms with E-state index in [1.165, 1.54) is 11.1 Å². The first-order valence-corrected chi connectivity index (χ1v) is 6.57. The number of hydrogen-bond donors (Lipinski definition) is 0. The van der Waals surface area contributed by atoms with Crippen molar-refractivity contribution in [3.63, 3.8) is 0 Å². The maximum Gasteiger partial charge on any atom is 0.0894 e. The van der Waals surface area contributed by atoms with E-state index in [1.807, 2.05) is 25.1 Å². The summed E-state index contributed by atoms with van der Waals surface area (Å²) in [7, 11) is 0. The highest BCUT2D eigenvalue weighted by Crippen LogP contribution is 2.14. The lowest BCUT2D eigenvalue weighted by atomic mass is 10.1. The third-order valence-corrected chi connectivity index (χ3v) is 2.43. The van der Waals surface area contributed by atoms with Crippen molar-refractivity contribution in [3.05, 3.63) is 54.1 Å². The minimum absolute atomic E-state index is 0.145. The maximum absolute atomic E-state index is 11.2. The lowest BCUT2D eigenvalue weighted by molar-refractivity contribution is 0.460. The molecule has 0 nitrogen and oxygen atoms in total. The summed E-state index contributed by atoms with van der Waals surface area (Å²) in [5, 5.41) is 0. The van der Waals surface area contributed by atoms with Crippen LogP contribution in [-0.2, 0) is 0 Å². The van der Waals surface area contributed by atoms with Crippen LogP contribution >= 0.6 is 0 Å². The van der Waals surface area contributed by atoms with E-state index in [4.69, 9.17) is 0 Å². The summed E-state index contributed by atoms with van der Waals surface area (Å²) in [6, 6.07) is 10.3. The molecule has 0 atom stereocenters. The highest BCUT2D eigenvalue weighted by Gasteiger charge is 1.91. The third kappa shape index (κ3) is 8.74. The van der Waals surface area contributed by atoms with E-state index >= 15 is 0 Å². The number of allylic oxidation sites excluding steroid dienone is 3. The topological polar surface area (TPSA) is 0 Å². The Bertz CT molecular complexity index is 345. The Hall–Kier alpha value is -1.37. The van der Waals surface area contributed by atoms with Gasteiger partial charge in [-0.05, 0) is 31.4 Å². The Morgan fingerprint density at radius 2 is 1.78 bits per heavy atom. The van der Waals surface area contributed by atoms with Gasteiger partial charge in [-0.15, -0.1) is 0 Å². The van der Waals surface area contributed by atoms with Gasteiger partial charge >= 0.3 is 0 Å². The Kier molecular flexibility index (Phi) is 9.94. The first kappa shape index (κ1) is 16.6. The van der Waals surface area contributed by atoms with Crippen molar-refractivity contribution in [3.8, 4) is 0 Å². The van der Waals surface area contributed by atoms with Crippen molar-refractivity contribution in [1.29, 1.82) is 0 Å². The molecule has 0 fully saturated rings. The monoisotopic (exact) mass is 248 g/mol. The van der Waals surface area contributed by atoms with Gasteiger partial charge in [-0.3, -0.25) is 4.39 Å². The molecule has 0 saturated heterocycles. The Balaban J connectivity index is 0.000000411. The second kappa shape index (κ2) is 10.8. The van der Waals surface area contributed by atoms with Crippen molar-refractivity contribution >= 4 is 5.57 Å². The average molecular weight is 248 g/mol. The first-order valence-electron chi connectivity index (χ1n) is 6.57. The van der Waals surface area contributed by atoms with Crippen molar-refractivity contribution in [2.24, 2.45) is 0 Å². The molecular formula is C17H25F. The standard InChI is InChI=1S/C12H14.C5H11F/c1-10(2)9-11(3)12-7-5-4-6-8-12;1-2-3-4-5-6/h4-9H,1H2,2-3H3;2-5H2,1H3/b11-9+;. The summed E-state index contributed by atoms with van der Waals surface area (Å²) in [6.07, 6.45) is 4.99. The average Bonchev–Trinajstić information content (AvgIpc) is 2.37. The van der Waals surface area contributed by atoms with Gasteiger partial charge in [0, 0.05) is 0 Å². The highest BCUT2D eigenvalue weighted by molar-refractivity contribution is 5.65. The minimum atomic E-state index is -0.145. The quantitative estimate of drug-likeness (QED) is 0.455. The van der Waals surface area contributed by atoms with Crippen LogP contribution in [0.25, 0.3) is 5.57 Å². The van der Waals surface area contributed by atoms with E-state index in [0.29, 0.717) is 0 Å². The van der Waals surface area contributed by atoms with Crippen LogP contribution in [0, 0.1) is 0 Å². The minimum Gasteiger partial charge on any atom is -0.251 e. The van der Waals surface area contributed by atoms with Crippen LogP contribution in [0.5, 0.6) is 0 Å². The van der Waals surface area contributed by atoms with E-state index in [-0.39, 0.29) is 6.67 Å². The molecule has 0 unspecified atom stereocenters. The summed E-state index contributed by atoms with van der Waals surface area (Å²) in [5.74, 6) is 0. The lowest BCUT2D eigenvalue weighted by Gasteiger charge is -1.99. The van der Waals surface area contributed by atoms with Gasteiger partial charge in [-0.25, -0.2) is 0 Å². The smallest absolute Gasteiger partial charge is 0.0894 e. The van der Waals surface area contributed by atoms with E-state index < -0.39 is 0 Å². The first-order chi connectivity index (χ1) is 8.61. The Labute approximate surface area is 111 Å². The van der Waals surface area contributed by atoms with Gasteiger partial charge in [0.2, 0.25) is 0 Å². The normalized spacial score (nSPS) is 10.6. The SMILES string of the molecule is C=C(C)/C=C(\C)c1ccccc1.CCCCCF. The maximum atomic E-state index is 11.2. The molecule has 0 heterocycles. The molecule has 0 aliphatic rings. The van der Waals surface area contributed by atoms with Gasteiger partial charge in [0.05, 0.1) is 6.67 Å². The largest absolute Gasteiger partial charge is 0.251 e. The number of benzene rings is 1. The second-order valence-corrected chi connectivity index (χ2v) is 4.44. The highest BCUT2D eigenvalue weighted by atomic mass is 19.1. The summed E-state index contributed by atoms with van der Waals surface area (Å²) >= 11 is 0. The van der Waals surface area contributed by atoms with Gasteiger partial charge < -0.3 is 0 Å². The van der Waals surface area contributed by atoms with Crippen molar-refractivity contribution < 1.29 is 4.39 Å². The molecule has 0 amide bonds. The molecule has 0 saturated carbocycles. The summed E-state index contributed by atoms with van der Waals surface area (Å²) in [4.78, 5) is 0. The van der Waals surface area contributed by atoms with E-state index in [9.17, 15) is 4.39 Å². The summed E-state index contributed by atoms with van der Waals surface area (Å²) < 4.78 is 11.2. The van der Waals surface area contributed by atoms with Gasteiger partial charge in [0.1, 0.15) is 0 Å². The van der Waals surface area contributed by atoms with Crippen LogP contribution < -0.4 is 0 Å². The van der Waals surface area contributed by atoms with Crippen LogP contribution in [-0.4, -0.2) is 6.67 Å². The molecule has 1 aromatic carbocycles. The molecule has 0 bridgehead atoms. The molecule has 0 aliphatic carbocycles. The van der Waals surface area contributed by atoms with E-state index in [2.05, 4.69) is 38.6 Å². The van der Waals surface area contributed by atoms with Crippen LogP contribution in [0.1, 0.15) is 45.6 Å². The predicted molar refractivity (Wildman–Crippen MR) is 80.4 cm³/mol. The van der Waals surface area contributed by atoms with Crippen LogP contribution in [0.2, 0.25) is 0 Å². The molecule has 1 heteroatoms. The summed E-state index contributed by atoms with van der Waals surface area (Å²) in [6.45, 7) is 9.87. The molecule has 0 aromatic heterocycles. The molecular weight excluding hydrogens is 223 g/mol.